The van der Waals surface area contributed by atoms with Gasteiger partial charge in [0.15, 0.2) is 11.3 Å². The van der Waals surface area contributed by atoms with Crippen molar-refractivity contribution in [1.82, 2.24) is 14.6 Å². The third kappa shape index (κ3) is 3.55. The van der Waals surface area contributed by atoms with Crippen molar-refractivity contribution < 1.29 is 13.2 Å². The highest BCUT2D eigenvalue weighted by atomic mass is 35.5. The maximum atomic E-state index is 14.3. The highest BCUT2D eigenvalue weighted by molar-refractivity contribution is 6.30. The summed E-state index contributed by atoms with van der Waals surface area (Å²) >= 11 is 5.99. The van der Waals surface area contributed by atoms with Crippen LogP contribution in [-0.4, -0.2) is 27.7 Å². The molecule has 2 aromatic heterocycles. The molecule has 0 amide bonds. The minimum atomic E-state index is -4.57. The lowest BCUT2D eigenvalue weighted by atomic mass is 10.1. The van der Waals surface area contributed by atoms with Crippen LogP contribution in [0, 0.1) is 6.92 Å². The van der Waals surface area contributed by atoms with Gasteiger partial charge < -0.3 is 4.90 Å². The van der Waals surface area contributed by atoms with E-state index in [2.05, 4.69) is 10.1 Å². The standard InChI is InChI=1S/C20H20ClF3N4/c1-13-12-16-25-17(14-6-8-15(21)9-7-14)18(27-10-4-2-3-5-11-27)19(20(22,23)24)28(16)26-13/h6-9,12H,2-5,10-11H2,1H3. The summed E-state index contributed by atoms with van der Waals surface area (Å²) in [6.07, 6.45) is -0.821. The smallest absolute Gasteiger partial charge is 0.368 e. The van der Waals surface area contributed by atoms with Gasteiger partial charge in [0, 0.05) is 29.7 Å². The molecule has 3 aromatic rings. The summed E-state index contributed by atoms with van der Waals surface area (Å²) in [6.45, 7) is 2.80. The average Bonchev–Trinajstić information content (AvgIpc) is 2.82. The largest absolute Gasteiger partial charge is 0.435 e. The van der Waals surface area contributed by atoms with E-state index in [4.69, 9.17) is 11.6 Å². The number of fused-ring (bicyclic) bond motifs is 1. The summed E-state index contributed by atoms with van der Waals surface area (Å²) < 4.78 is 43.7. The van der Waals surface area contributed by atoms with Crippen molar-refractivity contribution in [2.45, 2.75) is 38.8 Å². The Morgan fingerprint density at radius 1 is 1.00 bits per heavy atom. The highest BCUT2D eigenvalue weighted by Gasteiger charge is 2.41. The average molecular weight is 409 g/mol. The van der Waals surface area contributed by atoms with Crippen molar-refractivity contribution in [2.24, 2.45) is 0 Å². The van der Waals surface area contributed by atoms with E-state index in [0.717, 1.165) is 30.2 Å². The summed E-state index contributed by atoms with van der Waals surface area (Å²) in [5.41, 5.74) is 0.944. The van der Waals surface area contributed by atoms with Gasteiger partial charge in [-0.25, -0.2) is 9.50 Å². The predicted molar refractivity (Wildman–Crippen MR) is 104 cm³/mol. The summed E-state index contributed by atoms with van der Waals surface area (Å²) in [6, 6.07) is 8.34. The first kappa shape index (κ1) is 19.1. The van der Waals surface area contributed by atoms with Gasteiger partial charge in [-0.15, -0.1) is 0 Å². The minimum Gasteiger partial charge on any atom is -0.368 e. The normalized spacial score (nSPS) is 15.8. The fourth-order valence-electron chi connectivity index (χ4n) is 3.77. The molecule has 4 rings (SSSR count). The van der Waals surface area contributed by atoms with Crippen molar-refractivity contribution >= 4 is 22.9 Å². The van der Waals surface area contributed by atoms with Crippen LogP contribution in [0.1, 0.15) is 37.1 Å². The second-order valence-corrected chi connectivity index (χ2v) is 7.56. The van der Waals surface area contributed by atoms with Gasteiger partial charge in [0.25, 0.3) is 0 Å². The molecule has 1 fully saturated rings. The number of alkyl halides is 3. The molecular weight excluding hydrogens is 389 g/mol. The monoisotopic (exact) mass is 408 g/mol. The SMILES string of the molecule is Cc1cc2nc(-c3ccc(Cl)cc3)c(N3CCCCCC3)c(C(F)(F)F)n2n1. The van der Waals surface area contributed by atoms with Gasteiger partial charge in [0.2, 0.25) is 0 Å². The zero-order valence-electron chi connectivity index (χ0n) is 15.4. The maximum Gasteiger partial charge on any atom is 0.435 e. The first-order valence-corrected chi connectivity index (χ1v) is 9.71. The number of aromatic nitrogens is 3. The molecule has 8 heteroatoms. The van der Waals surface area contributed by atoms with Crippen LogP contribution in [0.25, 0.3) is 16.9 Å². The van der Waals surface area contributed by atoms with E-state index < -0.39 is 11.9 Å². The van der Waals surface area contributed by atoms with E-state index in [1.54, 1.807) is 37.3 Å². The molecule has 1 aliphatic rings. The second kappa shape index (κ2) is 7.28. The van der Waals surface area contributed by atoms with Crippen LogP contribution in [0.2, 0.25) is 5.02 Å². The number of benzene rings is 1. The molecule has 3 heterocycles. The minimum absolute atomic E-state index is 0.104. The van der Waals surface area contributed by atoms with Crippen LogP contribution in [0.3, 0.4) is 0 Å². The first-order valence-electron chi connectivity index (χ1n) is 9.33. The third-order valence-corrected chi connectivity index (χ3v) is 5.26. The van der Waals surface area contributed by atoms with Crippen molar-refractivity contribution in [3.63, 3.8) is 0 Å². The molecule has 0 unspecified atom stereocenters. The van der Waals surface area contributed by atoms with Crippen molar-refractivity contribution in [1.29, 1.82) is 0 Å². The Bertz CT molecular complexity index is 987. The van der Waals surface area contributed by atoms with E-state index in [0.29, 0.717) is 35.1 Å². The Hall–Kier alpha value is -2.28. The Labute approximate surface area is 165 Å². The van der Waals surface area contributed by atoms with Gasteiger partial charge in [0.05, 0.1) is 17.1 Å². The number of nitrogens with zero attached hydrogens (tertiary/aromatic N) is 4. The molecule has 28 heavy (non-hydrogen) atoms. The summed E-state index contributed by atoms with van der Waals surface area (Å²) in [5.74, 6) is 0. The van der Waals surface area contributed by atoms with Gasteiger partial charge in [-0.3, -0.25) is 0 Å². The molecule has 1 aromatic carbocycles. The van der Waals surface area contributed by atoms with Gasteiger partial charge >= 0.3 is 6.18 Å². The fourth-order valence-corrected chi connectivity index (χ4v) is 3.89. The molecule has 0 radical (unpaired) electrons. The Morgan fingerprint density at radius 3 is 2.25 bits per heavy atom. The lowest BCUT2D eigenvalue weighted by Gasteiger charge is -2.28. The second-order valence-electron chi connectivity index (χ2n) is 7.12. The Kier molecular flexibility index (Phi) is 4.95. The van der Waals surface area contributed by atoms with Gasteiger partial charge in [-0.1, -0.05) is 36.6 Å². The topological polar surface area (TPSA) is 33.4 Å². The molecule has 0 atom stereocenters. The molecule has 0 aliphatic carbocycles. The molecule has 0 bridgehead atoms. The van der Waals surface area contributed by atoms with Crippen LogP contribution in [0.4, 0.5) is 18.9 Å². The first-order chi connectivity index (χ1) is 13.3. The third-order valence-electron chi connectivity index (χ3n) is 5.01. The van der Waals surface area contributed by atoms with E-state index >= 15 is 0 Å². The van der Waals surface area contributed by atoms with Crippen molar-refractivity contribution in [2.75, 3.05) is 18.0 Å². The van der Waals surface area contributed by atoms with Gasteiger partial charge in [-0.05, 0) is 31.9 Å². The number of rotatable bonds is 2. The van der Waals surface area contributed by atoms with E-state index in [-0.39, 0.29) is 11.3 Å². The van der Waals surface area contributed by atoms with Crippen molar-refractivity contribution in [3.8, 4) is 11.3 Å². The van der Waals surface area contributed by atoms with E-state index in [9.17, 15) is 13.2 Å². The lowest BCUT2D eigenvalue weighted by molar-refractivity contribution is -0.142. The van der Waals surface area contributed by atoms with Crippen LogP contribution in [0.15, 0.2) is 30.3 Å². The number of aryl methyl sites for hydroxylation is 1. The molecule has 148 valence electrons. The molecule has 0 spiro atoms. The van der Waals surface area contributed by atoms with Crippen LogP contribution >= 0.6 is 11.6 Å². The molecule has 4 nitrogen and oxygen atoms in total. The quantitative estimate of drug-likeness (QED) is 0.540. The van der Waals surface area contributed by atoms with Crippen LogP contribution in [0.5, 0.6) is 0 Å². The van der Waals surface area contributed by atoms with Gasteiger partial charge in [-0.2, -0.15) is 18.3 Å². The number of hydrogen-bond donors (Lipinski definition) is 0. The molecule has 0 N–H and O–H groups in total. The Morgan fingerprint density at radius 2 is 1.64 bits per heavy atom. The number of halogens is 4. The van der Waals surface area contributed by atoms with Crippen LogP contribution < -0.4 is 4.90 Å². The highest BCUT2D eigenvalue weighted by Crippen LogP contribution is 2.42. The summed E-state index contributed by atoms with van der Waals surface area (Å²) in [7, 11) is 0. The number of anilines is 1. The molecular formula is C20H20ClF3N4. The Balaban J connectivity index is 2.05. The molecule has 1 aliphatic heterocycles. The maximum absolute atomic E-state index is 14.3. The fraction of sp³-hybridized carbons (Fsp3) is 0.400. The molecule has 0 saturated carbocycles. The number of hydrogen-bond acceptors (Lipinski definition) is 3. The zero-order valence-corrected chi connectivity index (χ0v) is 16.2. The summed E-state index contributed by atoms with van der Waals surface area (Å²) in [5, 5.41) is 4.62. The van der Waals surface area contributed by atoms with E-state index in [1.165, 1.54) is 0 Å². The predicted octanol–water partition coefficient (Wildman–Crippen LogP) is 5.76. The molecule has 1 saturated heterocycles. The van der Waals surface area contributed by atoms with Crippen LogP contribution in [-0.2, 0) is 6.18 Å². The summed E-state index contributed by atoms with van der Waals surface area (Å²) in [4.78, 5) is 6.41. The van der Waals surface area contributed by atoms with Gasteiger partial charge in [0.1, 0.15) is 0 Å². The lowest BCUT2D eigenvalue weighted by Crippen LogP contribution is -2.30. The zero-order chi connectivity index (χ0) is 19.9. The van der Waals surface area contributed by atoms with E-state index in [1.807, 2.05) is 4.90 Å². The van der Waals surface area contributed by atoms with Crippen molar-refractivity contribution in [3.05, 3.63) is 46.7 Å².